The van der Waals surface area contributed by atoms with Crippen molar-refractivity contribution >= 4 is 29.3 Å². The van der Waals surface area contributed by atoms with Crippen LogP contribution in [0.4, 0.5) is 0 Å². The molecule has 3 rings (SSSR count). The summed E-state index contributed by atoms with van der Waals surface area (Å²) in [4.78, 5) is 37.6. The fraction of sp³-hybridized carbons (Fsp3) is 0.672. The Labute approximate surface area is 466 Å². The Morgan fingerprint density at radius 2 is 1.47 bits per heavy atom. The van der Waals surface area contributed by atoms with Gasteiger partial charge in [0.25, 0.3) is 0 Å². The number of thioether (sulfide) groups is 1. The minimum absolute atomic E-state index is 0.0189. The van der Waals surface area contributed by atoms with Crippen LogP contribution >= 0.6 is 11.8 Å². The molecular formula is C64H113N7O3S. The van der Waals surface area contributed by atoms with E-state index in [0.29, 0.717) is 43.3 Å². The Kier molecular flexibility index (Phi) is 46.3. The number of nitrogens with one attached hydrogen (secondary N) is 4. The molecule has 11 heteroatoms. The lowest BCUT2D eigenvalue weighted by Gasteiger charge is -2.35. The van der Waals surface area contributed by atoms with Gasteiger partial charge < -0.3 is 35.8 Å². The van der Waals surface area contributed by atoms with Gasteiger partial charge in [-0.2, -0.15) is 11.8 Å². The molecule has 0 radical (unpaired) electrons. The lowest BCUT2D eigenvalue weighted by molar-refractivity contribution is -0.124. The van der Waals surface area contributed by atoms with Crippen molar-refractivity contribution < 1.29 is 14.3 Å². The van der Waals surface area contributed by atoms with E-state index in [2.05, 4.69) is 161 Å². The number of amides is 2. The molecule has 1 fully saturated rings. The van der Waals surface area contributed by atoms with E-state index >= 15 is 0 Å². The number of carbonyl (C=O) groups excluding carboxylic acids is 2. The van der Waals surface area contributed by atoms with E-state index in [0.717, 1.165) is 132 Å². The molecule has 4 N–H and O–H groups in total. The first kappa shape index (κ1) is 72.5. The van der Waals surface area contributed by atoms with Gasteiger partial charge in [-0.15, -0.1) is 12.8 Å². The minimum Gasteiger partial charge on any atom is -0.470 e. The second-order valence-electron chi connectivity index (χ2n) is 19.0. The standard InChI is InChI=1S/C55H91N7O3S.C3H8.2C2H6.C2H2/c1-11-26-50(42(7)57-41-48-31-23-24-35-56-48)59-53(63)33-25-32-51(47-29-21-18-22-30-47)60-55(64)54(44(9)66-39-14-4)58-43(8)52(40-46-27-19-17-20-28-46)65-45(10)61(16-6)38-34-49(15-5)62(36-12-2)37-13-3;1-3-2;3*1-2/h15,17,19-20,23,27-28,31,44,47,50-52,54,57-58H,7-8,10-14,16,18,21-22,24-26,29-30,32-41H2,1-6,9H3,(H,59,63)(H,60,64);3H2,1-2H3;2*1-2H3;1-2H/b49-15-;;;;/t44?,50?,51?,52?,54-;;;;/m0..../s1. The van der Waals surface area contributed by atoms with Crippen LogP contribution in [0.1, 0.15) is 198 Å². The molecule has 0 saturated heterocycles. The lowest BCUT2D eigenvalue weighted by atomic mass is 9.82. The van der Waals surface area contributed by atoms with Gasteiger partial charge in [0.05, 0.1) is 18.3 Å². The van der Waals surface area contributed by atoms with E-state index in [9.17, 15) is 9.59 Å². The molecule has 1 aliphatic heterocycles. The molecule has 4 unspecified atom stereocenters. The fourth-order valence-electron chi connectivity index (χ4n) is 9.13. The highest BCUT2D eigenvalue weighted by molar-refractivity contribution is 7.99. The van der Waals surface area contributed by atoms with Crippen LogP contribution in [0.25, 0.3) is 0 Å². The topological polar surface area (TPSA) is 110 Å². The molecule has 0 aromatic heterocycles. The number of nitrogens with zero attached hydrogens (tertiary/aromatic N) is 3. The summed E-state index contributed by atoms with van der Waals surface area (Å²) >= 11 is 1.81. The summed E-state index contributed by atoms with van der Waals surface area (Å²) < 4.78 is 6.83. The summed E-state index contributed by atoms with van der Waals surface area (Å²) in [6.45, 7) is 45.9. The summed E-state index contributed by atoms with van der Waals surface area (Å²) in [6, 6.07) is 9.63. The maximum atomic E-state index is 14.8. The van der Waals surface area contributed by atoms with Crippen LogP contribution in [0.5, 0.6) is 0 Å². The SMILES string of the molecule is C#C.C=C(NCC1=NCCC=C1)C(CCC)NC(=O)CCCC(NC(=O)[C@@H](NC(=C)C(Cc1ccccc1)OC(=C)N(CC)CC/C(=C/C)N(CCC)CCC)C(C)SCCC)C1CCCCC1.CC.CC.CCC. The van der Waals surface area contributed by atoms with Gasteiger partial charge in [-0.05, 0) is 102 Å². The second kappa shape index (κ2) is 47.9. The third kappa shape index (κ3) is 31.3. The summed E-state index contributed by atoms with van der Waals surface area (Å²) in [7, 11) is 0. The number of dihydropyridines is 1. The van der Waals surface area contributed by atoms with Crippen LogP contribution < -0.4 is 21.3 Å². The van der Waals surface area contributed by atoms with Gasteiger partial charge in [0.15, 0.2) is 5.88 Å². The molecule has 2 amide bonds. The smallest absolute Gasteiger partial charge is 0.243 e. The number of ether oxygens (including phenoxy) is 1. The summed E-state index contributed by atoms with van der Waals surface area (Å²) in [5.74, 6) is 1.92. The first-order chi connectivity index (χ1) is 36.4. The summed E-state index contributed by atoms with van der Waals surface area (Å²) in [6.07, 6.45) is 30.2. The van der Waals surface area contributed by atoms with E-state index in [1.165, 1.54) is 18.5 Å². The van der Waals surface area contributed by atoms with Crippen molar-refractivity contribution in [2.75, 3.05) is 45.0 Å². The zero-order valence-corrected chi connectivity index (χ0v) is 51.1. The van der Waals surface area contributed by atoms with Gasteiger partial charge in [-0.25, -0.2) is 0 Å². The number of allylic oxidation sites excluding steroid dienone is 1. The zero-order chi connectivity index (χ0) is 56.8. The fourth-order valence-corrected chi connectivity index (χ4v) is 10.1. The van der Waals surface area contributed by atoms with Crippen LogP contribution in [-0.4, -0.2) is 102 Å². The second-order valence-corrected chi connectivity index (χ2v) is 20.5. The number of hydrogen-bond donors (Lipinski definition) is 4. The number of rotatable bonds is 35. The van der Waals surface area contributed by atoms with Crippen LogP contribution in [0.15, 0.2) is 96.3 Å². The van der Waals surface area contributed by atoms with Crippen LogP contribution in [0.2, 0.25) is 0 Å². The maximum Gasteiger partial charge on any atom is 0.243 e. The number of hydrogen-bond acceptors (Lipinski definition) is 9. The Morgan fingerprint density at radius 3 is 2.01 bits per heavy atom. The molecule has 5 atom stereocenters. The molecule has 1 saturated carbocycles. The van der Waals surface area contributed by atoms with E-state index in [-0.39, 0.29) is 29.1 Å². The molecule has 0 bridgehead atoms. The normalized spacial score (nSPS) is 14.9. The first-order valence-electron chi connectivity index (χ1n) is 29.6. The van der Waals surface area contributed by atoms with Crippen molar-refractivity contribution in [3.8, 4) is 12.8 Å². The predicted molar refractivity (Wildman–Crippen MR) is 331 cm³/mol. The molecule has 2 aliphatic rings. The van der Waals surface area contributed by atoms with Gasteiger partial charge in [-0.3, -0.25) is 14.6 Å². The number of carbonyl (C=O) groups is 2. The van der Waals surface area contributed by atoms with E-state index in [1.807, 2.05) is 45.9 Å². The highest BCUT2D eigenvalue weighted by atomic mass is 32.2. The molecule has 0 spiro atoms. The van der Waals surface area contributed by atoms with Crippen molar-refractivity contribution in [2.24, 2.45) is 10.9 Å². The monoisotopic (exact) mass is 1060 g/mol. The average Bonchev–Trinajstić information content (AvgIpc) is 3.44. The Bertz CT molecular complexity index is 1750. The third-order valence-corrected chi connectivity index (χ3v) is 14.4. The Balaban J connectivity index is 0. The predicted octanol–water partition coefficient (Wildman–Crippen LogP) is 14.6. The number of aliphatic imine (C=N–C) groups is 1. The molecular weight excluding hydrogens is 947 g/mol. The lowest BCUT2D eigenvalue weighted by Crippen LogP contribution is -2.54. The highest BCUT2D eigenvalue weighted by Gasteiger charge is 2.33. The van der Waals surface area contributed by atoms with Crippen molar-refractivity contribution in [3.63, 3.8) is 0 Å². The molecule has 428 valence electrons. The Hall–Kier alpha value is -4.56. The number of benzene rings is 1. The number of terminal acetylenes is 1. The van der Waals surface area contributed by atoms with E-state index in [4.69, 9.17) is 4.74 Å². The summed E-state index contributed by atoms with van der Waals surface area (Å²) in [5, 5.41) is 13.9. The molecule has 1 aromatic carbocycles. The summed E-state index contributed by atoms with van der Waals surface area (Å²) in [5.41, 5.74) is 4.97. The third-order valence-electron chi connectivity index (χ3n) is 12.9. The van der Waals surface area contributed by atoms with Gasteiger partial charge >= 0.3 is 0 Å². The molecule has 1 aromatic rings. The van der Waals surface area contributed by atoms with Gasteiger partial charge in [0, 0.05) is 80.4 Å². The molecule has 10 nitrogen and oxygen atoms in total. The van der Waals surface area contributed by atoms with Crippen molar-refractivity contribution in [3.05, 3.63) is 96.8 Å². The average molecular weight is 1060 g/mol. The van der Waals surface area contributed by atoms with Crippen molar-refractivity contribution in [1.82, 2.24) is 31.1 Å². The Morgan fingerprint density at radius 1 is 0.827 bits per heavy atom. The largest absolute Gasteiger partial charge is 0.470 e. The molecule has 75 heavy (non-hydrogen) atoms. The first-order valence-corrected chi connectivity index (χ1v) is 30.6. The zero-order valence-electron chi connectivity index (χ0n) is 50.3. The molecule has 1 heterocycles. The van der Waals surface area contributed by atoms with Gasteiger partial charge in [0.1, 0.15) is 12.1 Å². The van der Waals surface area contributed by atoms with Gasteiger partial charge in [-0.1, -0.05) is 164 Å². The van der Waals surface area contributed by atoms with Crippen LogP contribution in [0.3, 0.4) is 0 Å². The quantitative estimate of drug-likeness (QED) is 0.0393. The van der Waals surface area contributed by atoms with Crippen molar-refractivity contribution in [2.45, 2.75) is 229 Å². The van der Waals surface area contributed by atoms with Crippen LogP contribution in [-0.2, 0) is 20.7 Å². The minimum atomic E-state index is -0.537. The highest BCUT2D eigenvalue weighted by Crippen LogP contribution is 2.30. The van der Waals surface area contributed by atoms with Gasteiger partial charge in [0.2, 0.25) is 11.8 Å². The van der Waals surface area contributed by atoms with E-state index < -0.39 is 12.1 Å². The maximum absolute atomic E-state index is 14.8. The van der Waals surface area contributed by atoms with Crippen molar-refractivity contribution in [1.29, 1.82) is 0 Å². The van der Waals surface area contributed by atoms with Crippen LogP contribution in [0, 0.1) is 18.8 Å². The molecule has 1 aliphatic carbocycles. The van der Waals surface area contributed by atoms with E-state index in [1.54, 1.807) is 11.8 Å².